The smallest absolute Gasteiger partial charge is 0.315 e. The van der Waals surface area contributed by atoms with E-state index in [-0.39, 0.29) is 12.1 Å². The van der Waals surface area contributed by atoms with E-state index in [4.69, 9.17) is 9.47 Å². The van der Waals surface area contributed by atoms with Gasteiger partial charge < -0.3 is 20.1 Å². The molecule has 1 aliphatic rings. The van der Waals surface area contributed by atoms with Gasteiger partial charge in [-0.25, -0.2) is 4.79 Å². The topological polar surface area (TPSA) is 77.4 Å². The highest BCUT2D eigenvalue weighted by Crippen LogP contribution is 2.30. The first-order chi connectivity index (χ1) is 15.2. The first-order valence-corrected chi connectivity index (χ1v) is 10.5. The van der Waals surface area contributed by atoms with Crippen molar-refractivity contribution in [3.05, 3.63) is 77.1 Å². The number of hydrogen-bond acceptors (Lipinski definition) is 4. The number of carbonyl (C=O) groups is 1. The number of amides is 2. The summed E-state index contributed by atoms with van der Waals surface area (Å²) in [6.45, 7) is 1.15. The number of nitrogens with one attached hydrogen (secondary N) is 2. The molecule has 162 valence electrons. The van der Waals surface area contributed by atoms with E-state index in [0.717, 1.165) is 36.9 Å². The van der Waals surface area contributed by atoms with E-state index in [1.807, 2.05) is 42.6 Å². The maximum atomic E-state index is 12.6. The average Bonchev–Trinajstić information content (AvgIpc) is 3.22. The lowest BCUT2D eigenvalue weighted by atomic mass is 9.93. The van der Waals surface area contributed by atoms with Gasteiger partial charge in [0.15, 0.2) is 11.5 Å². The Bertz CT molecular complexity index is 1030. The van der Waals surface area contributed by atoms with Crippen LogP contribution in [0.25, 0.3) is 0 Å². The number of methoxy groups -OCH3 is 2. The summed E-state index contributed by atoms with van der Waals surface area (Å²) in [5.41, 5.74) is 4.48. The van der Waals surface area contributed by atoms with Crippen molar-refractivity contribution in [1.82, 2.24) is 20.4 Å². The third kappa shape index (κ3) is 4.82. The Kier molecular flexibility index (Phi) is 6.40. The molecular weight excluding hydrogens is 392 g/mol. The van der Waals surface area contributed by atoms with E-state index in [1.165, 1.54) is 11.3 Å². The lowest BCUT2D eigenvalue weighted by molar-refractivity contribution is 0.235. The molecule has 1 heterocycles. The maximum absolute atomic E-state index is 12.6. The molecule has 0 saturated carbocycles. The number of carbonyl (C=O) groups excluding carboxylic acids is 1. The Hall–Kier alpha value is -3.48. The summed E-state index contributed by atoms with van der Waals surface area (Å²) in [5, 5.41) is 10.7. The molecule has 0 spiro atoms. The molecule has 7 nitrogen and oxygen atoms in total. The van der Waals surface area contributed by atoms with Crippen LogP contribution in [0.2, 0.25) is 0 Å². The van der Waals surface area contributed by atoms with Gasteiger partial charge >= 0.3 is 6.03 Å². The number of hydrogen-bond donors (Lipinski definition) is 2. The first-order valence-electron chi connectivity index (χ1n) is 10.5. The molecule has 1 aliphatic carbocycles. The molecule has 1 atom stereocenters. The van der Waals surface area contributed by atoms with E-state index in [1.54, 1.807) is 14.2 Å². The van der Waals surface area contributed by atoms with E-state index < -0.39 is 0 Å². The predicted octanol–water partition coefficient (Wildman–Crippen LogP) is 3.83. The molecule has 2 N–H and O–H groups in total. The summed E-state index contributed by atoms with van der Waals surface area (Å²) in [5.74, 6) is 1.31. The highest BCUT2D eigenvalue weighted by molar-refractivity contribution is 5.74. The summed E-state index contributed by atoms with van der Waals surface area (Å²) in [6, 6.07) is 15.7. The molecule has 1 unspecified atom stereocenters. The molecule has 0 bridgehead atoms. The van der Waals surface area contributed by atoms with Gasteiger partial charge in [-0.05, 0) is 42.5 Å². The van der Waals surface area contributed by atoms with Crippen LogP contribution in [0.15, 0.2) is 54.7 Å². The standard InChI is InChI=1S/C24H28N4O3/c1-30-22-12-11-18(13-23(22)31-2)14-25-24(29)27-20-9-6-10-21-19(20)15-26-28(21)16-17-7-4-3-5-8-17/h3-5,7-8,11-13,15,20H,6,9-10,14,16H2,1-2H3,(H2,25,27,29). The van der Waals surface area contributed by atoms with Gasteiger partial charge in [-0.1, -0.05) is 36.4 Å². The minimum atomic E-state index is -0.191. The highest BCUT2D eigenvalue weighted by atomic mass is 16.5. The fraction of sp³-hybridized carbons (Fsp3) is 0.333. The van der Waals surface area contributed by atoms with Crippen molar-refractivity contribution < 1.29 is 14.3 Å². The van der Waals surface area contributed by atoms with Crippen molar-refractivity contribution in [2.75, 3.05) is 14.2 Å². The van der Waals surface area contributed by atoms with Gasteiger partial charge in [0, 0.05) is 17.8 Å². The second-order valence-electron chi connectivity index (χ2n) is 7.65. The van der Waals surface area contributed by atoms with Crippen LogP contribution in [-0.4, -0.2) is 30.0 Å². The van der Waals surface area contributed by atoms with Crippen molar-refractivity contribution in [3.63, 3.8) is 0 Å². The minimum Gasteiger partial charge on any atom is -0.493 e. The zero-order valence-electron chi connectivity index (χ0n) is 17.9. The van der Waals surface area contributed by atoms with Crippen LogP contribution >= 0.6 is 0 Å². The molecule has 0 saturated heterocycles. The minimum absolute atomic E-state index is 0.0290. The van der Waals surface area contributed by atoms with E-state index >= 15 is 0 Å². The van der Waals surface area contributed by atoms with E-state index in [2.05, 4.69) is 32.5 Å². The van der Waals surface area contributed by atoms with Gasteiger partial charge in [-0.15, -0.1) is 0 Å². The van der Waals surface area contributed by atoms with Gasteiger partial charge in [-0.3, -0.25) is 4.68 Å². The lowest BCUT2D eigenvalue weighted by Crippen LogP contribution is -2.38. The molecule has 0 aliphatic heterocycles. The van der Waals surface area contributed by atoms with Crippen LogP contribution in [0.5, 0.6) is 11.5 Å². The second kappa shape index (κ2) is 9.55. The number of urea groups is 1. The summed E-state index contributed by atoms with van der Waals surface area (Å²) in [4.78, 5) is 12.6. The Balaban J connectivity index is 1.38. The van der Waals surface area contributed by atoms with Crippen molar-refractivity contribution in [2.45, 2.75) is 38.4 Å². The van der Waals surface area contributed by atoms with Gasteiger partial charge in [0.1, 0.15) is 0 Å². The largest absolute Gasteiger partial charge is 0.493 e. The van der Waals surface area contributed by atoms with Crippen LogP contribution in [0, 0.1) is 0 Å². The zero-order chi connectivity index (χ0) is 21.6. The van der Waals surface area contributed by atoms with Crippen LogP contribution in [-0.2, 0) is 19.5 Å². The Morgan fingerprint density at radius 3 is 2.68 bits per heavy atom. The molecule has 4 rings (SSSR count). The normalized spacial score (nSPS) is 15.1. The van der Waals surface area contributed by atoms with Crippen LogP contribution in [0.4, 0.5) is 4.79 Å². The summed E-state index contributed by atoms with van der Waals surface area (Å²) in [7, 11) is 3.20. The molecule has 2 amide bonds. The zero-order valence-corrected chi connectivity index (χ0v) is 17.9. The molecular formula is C24H28N4O3. The fourth-order valence-electron chi connectivity index (χ4n) is 4.04. The van der Waals surface area contributed by atoms with Crippen molar-refractivity contribution in [2.24, 2.45) is 0 Å². The molecule has 31 heavy (non-hydrogen) atoms. The van der Waals surface area contributed by atoms with Crippen molar-refractivity contribution in [3.8, 4) is 11.5 Å². The highest BCUT2D eigenvalue weighted by Gasteiger charge is 2.25. The summed E-state index contributed by atoms with van der Waals surface area (Å²) in [6.07, 6.45) is 4.81. The molecule has 3 aromatic rings. The van der Waals surface area contributed by atoms with E-state index in [9.17, 15) is 4.79 Å². The quantitative estimate of drug-likeness (QED) is 0.609. The number of nitrogens with zero attached hydrogens (tertiary/aromatic N) is 2. The van der Waals surface area contributed by atoms with Gasteiger partial charge in [-0.2, -0.15) is 5.10 Å². The van der Waals surface area contributed by atoms with Crippen LogP contribution in [0.3, 0.4) is 0 Å². The number of benzene rings is 2. The number of fused-ring (bicyclic) bond motifs is 1. The monoisotopic (exact) mass is 420 g/mol. The number of aromatic nitrogens is 2. The van der Waals surface area contributed by atoms with Crippen molar-refractivity contribution >= 4 is 6.03 Å². The van der Waals surface area contributed by atoms with Crippen LogP contribution < -0.4 is 20.1 Å². The predicted molar refractivity (Wildman–Crippen MR) is 118 cm³/mol. The van der Waals surface area contributed by atoms with Gasteiger partial charge in [0.05, 0.1) is 33.0 Å². The van der Waals surface area contributed by atoms with Gasteiger partial charge in [0.2, 0.25) is 0 Å². The lowest BCUT2D eigenvalue weighted by Gasteiger charge is -2.24. The van der Waals surface area contributed by atoms with Crippen molar-refractivity contribution in [1.29, 1.82) is 0 Å². The molecule has 1 aromatic heterocycles. The third-order valence-electron chi connectivity index (χ3n) is 5.64. The number of rotatable bonds is 7. The van der Waals surface area contributed by atoms with Crippen LogP contribution in [0.1, 0.15) is 41.3 Å². The summed E-state index contributed by atoms with van der Waals surface area (Å²) < 4.78 is 12.6. The molecule has 2 aromatic carbocycles. The Labute approximate surface area is 182 Å². The summed E-state index contributed by atoms with van der Waals surface area (Å²) >= 11 is 0. The Morgan fingerprint density at radius 1 is 1.10 bits per heavy atom. The molecule has 0 radical (unpaired) electrons. The maximum Gasteiger partial charge on any atom is 0.315 e. The van der Waals surface area contributed by atoms with E-state index in [0.29, 0.717) is 18.0 Å². The number of ether oxygens (including phenoxy) is 2. The Morgan fingerprint density at radius 2 is 1.90 bits per heavy atom. The average molecular weight is 421 g/mol. The molecule has 0 fully saturated rings. The first kappa shape index (κ1) is 20.8. The molecule has 7 heteroatoms. The van der Waals surface area contributed by atoms with Gasteiger partial charge in [0.25, 0.3) is 0 Å². The third-order valence-corrected chi connectivity index (χ3v) is 5.64. The second-order valence-corrected chi connectivity index (χ2v) is 7.65. The SMILES string of the molecule is COc1ccc(CNC(=O)NC2CCCc3c2cnn3Cc2ccccc2)cc1OC. The fourth-order valence-corrected chi connectivity index (χ4v) is 4.04.